The Morgan fingerprint density at radius 1 is 0.533 bits per heavy atom. The Morgan fingerprint density at radius 3 is 1.60 bits per heavy atom. The Kier molecular flexibility index (Phi) is 31.6. The fourth-order valence-corrected chi connectivity index (χ4v) is 10.8. The number of anilines is 1. The lowest BCUT2D eigenvalue weighted by Crippen LogP contribution is -2.48. The number of nitrogens with one attached hydrogen (secondary N) is 5. The number of carboxylic acid groups (broad SMARTS) is 7. The van der Waals surface area contributed by atoms with Crippen LogP contribution in [0.3, 0.4) is 0 Å². The lowest BCUT2D eigenvalue weighted by Gasteiger charge is -2.26. The summed E-state index contributed by atoms with van der Waals surface area (Å²) < 4.78 is 52.1. The highest BCUT2D eigenvalue weighted by Crippen LogP contribution is 2.43. The van der Waals surface area contributed by atoms with Crippen molar-refractivity contribution < 1.29 is 131 Å². The maximum absolute atomic E-state index is 14.7. The highest BCUT2D eigenvalue weighted by atomic mass is 35.5. The van der Waals surface area contributed by atoms with Gasteiger partial charge in [-0.2, -0.15) is 0 Å². The van der Waals surface area contributed by atoms with Crippen LogP contribution < -0.4 is 32.0 Å². The van der Waals surface area contributed by atoms with Gasteiger partial charge in [0.05, 0.1) is 71.4 Å². The Labute approximate surface area is 598 Å². The normalized spacial score (nSPS) is 11.7. The molecule has 1 aliphatic heterocycles. The van der Waals surface area contributed by atoms with Crippen molar-refractivity contribution in [2.75, 3.05) is 110 Å². The molecule has 0 bridgehead atoms. The molecule has 0 radical (unpaired) electrons. The number of alkyl halides is 1. The van der Waals surface area contributed by atoms with E-state index in [1.54, 1.807) is 12.1 Å². The summed E-state index contributed by atoms with van der Waals surface area (Å²) in [5.74, 6) is -18.7. The van der Waals surface area contributed by atoms with Gasteiger partial charge in [0, 0.05) is 102 Å². The average Bonchev–Trinajstić information content (AvgIpc) is 0.740. The summed E-state index contributed by atoms with van der Waals surface area (Å²) in [6, 6.07) is 13.1. The highest BCUT2D eigenvalue weighted by molar-refractivity contribution is 6.29. The van der Waals surface area contributed by atoms with Crippen LogP contribution >= 0.6 is 11.6 Å². The van der Waals surface area contributed by atoms with Gasteiger partial charge in [-0.25, -0.2) is 13.6 Å². The van der Waals surface area contributed by atoms with E-state index < -0.39 is 170 Å². The topological polar surface area (TPSA) is 512 Å². The number of fused-ring (bicyclic) bond motifs is 2. The maximum atomic E-state index is 14.7. The van der Waals surface area contributed by atoms with Gasteiger partial charge in [0.25, 0.3) is 23.6 Å². The minimum atomic E-state index is -1.73. The van der Waals surface area contributed by atoms with Gasteiger partial charge in [-0.15, -0.1) is 11.6 Å². The van der Waals surface area contributed by atoms with Crippen LogP contribution in [0.5, 0.6) is 5.75 Å². The van der Waals surface area contributed by atoms with Gasteiger partial charge in [0.1, 0.15) is 29.3 Å². The number of nitrogens with zero attached hydrogens (tertiary/aromatic N) is 3. The molecule has 0 saturated carbocycles. The fraction of sp³-hybridized carbons (Fsp3) is 0.353. The lowest BCUT2D eigenvalue weighted by atomic mass is 9.89. The van der Waals surface area contributed by atoms with Gasteiger partial charge in [0.2, 0.25) is 17.2 Å². The molecule has 0 spiro atoms. The third-order valence-corrected chi connectivity index (χ3v) is 15.7. The molecule has 0 aromatic heterocycles. The minimum Gasteiger partial charge on any atom is -0.505 e. The number of aliphatic carboxylic acids is 6. The number of phenols is 1. The van der Waals surface area contributed by atoms with E-state index in [-0.39, 0.29) is 152 Å². The molecule has 4 aromatic rings. The molecule has 13 N–H and O–H groups in total. The van der Waals surface area contributed by atoms with Crippen molar-refractivity contribution in [1.29, 1.82) is 0 Å². The maximum Gasteiger partial charge on any atom is 0.336 e. The summed E-state index contributed by atoms with van der Waals surface area (Å²) in [5, 5.41) is 90.3. The first kappa shape index (κ1) is 82.4. The van der Waals surface area contributed by atoms with Crippen molar-refractivity contribution in [3.05, 3.63) is 140 Å². The zero-order valence-electron chi connectivity index (χ0n) is 55.7. The number of rotatable bonds is 45. The molecule has 0 saturated heterocycles. The van der Waals surface area contributed by atoms with E-state index in [9.17, 15) is 117 Å². The number of ether oxygens (including phenoxy) is 3. The number of carboxylic acids is 7. The molecule has 37 heteroatoms. The largest absolute Gasteiger partial charge is 0.505 e. The monoisotopic (exact) mass is 1490 g/mol. The molecule has 2 unspecified atom stereocenters. The first-order valence-corrected chi connectivity index (χ1v) is 32.5. The van der Waals surface area contributed by atoms with Gasteiger partial charge in [-0.1, -0.05) is 12.1 Å². The van der Waals surface area contributed by atoms with Gasteiger partial charge >= 0.3 is 41.8 Å². The molecular formula is C68H73ClF2N8O26. The summed E-state index contributed by atoms with van der Waals surface area (Å²) in [5.41, 5.74) is -1.98. The summed E-state index contributed by atoms with van der Waals surface area (Å²) in [4.78, 5) is 178. The second-order valence-corrected chi connectivity index (χ2v) is 23.4. The summed E-state index contributed by atoms with van der Waals surface area (Å²) in [7, 11) is 0. The third kappa shape index (κ3) is 25.4. The van der Waals surface area contributed by atoms with Crippen molar-refractivity contribution in [3.63, 3.8) is 0 Å². The van der Waals surface area contributed by atoms with Crippen molar-refractivity contribution in [3.8, 4) is 28.2 Å². The Balaban J connectivity index is 1.11. The van der Waals surface area contributed by atoms with E-state index >= 15 is 0 Å². The second-order valence-electron chi connectivity index (χ2n) is 23.1. The summed E-state index contributed by atoms with van der Waals surface area (Å²) in [6.07, 6.45) is -0.719. The number of unbranched alkanes of at least 4 members (excludes halogenated alkanes) is 1. The summed E-state index contributed by atoms with van der Waals surface area (Å²) >= 11 is 5.59. The average molecular weight is 1490 g/mol. The number of amides is 6. The highest BCUT2D eigenvalue weighted by Gasteiger charge is 2.32. The predicted molar refractivity (Wildman–Crippen MR) is 362 cm³/mol. The first-order valence-electron chi connectivity index (χ1n) is 32.0. The van der Waals surface area contributed by atoms with Crippen molar-refractivity contribution in [2.45, 2.75) is 50.7 Å². The van der Waals surface area contributed by atoms with Crippen LogP contribution in [-0.4, -0.2) is 249 Å². The minimum absolute atomic E-state index is 0.00621. The summed E-state index contributed by atoms with van der Waals surface area (Å²) in [6.45, 7) is -5.65. The van der Waals surface area contributed by atoms with E-state index in [0.717, 1.165) is 36.4 Å². The molecule has 34 nitrogen and oxygen atoms in total. The first-order chi connectivity index (χ1) is 49.9. The van der Waals surface area contributed by atoms with Crippen LogP contribution in [0.4, 0.5) is 14.5 Å². The van der Waals surface area contributed by atoms with Gasteiger partial charge in [0.15, 0.2) is 17.4 Å². The Hall–Kier alpha value is -11.6. The quantitative estimate of drug-likeness (QED) is 0.0148. The Morgan fingerprint density at radius 2 is 1.06 bits per heavy atom. The number of aromatic hydroxyl groups is 1. The number of carbonyl (C=O) groups is 13. The molecule has 1 heterocycles. The number of phenolic OH excluding ortho intramolecular Hbond substituents is 1. The molecule has 6 rings (SSSR count). The molecule has 1 aliphatic carbocycles. The fourth-order valence-electron chi connectivity index (χ4n) is 10.7. The smallest absolute Gasteiger partial charge is 0.336 e. The van der Waals surface area contributed by atoms with Crippen LogP contribution in [0.15, 0.2) is 94.1 Å². The molecule has 0 fully saturated rings. The van der Waals surface area contributed by atoms with Crippen molar-refractivity contribution in [1.82, 2.24) is 36.0 Å². The van der Waals surface area contributed by atoms with E-state index in [0.29, 0.717) is 15.5 Å². The molecule has 6 amide bonds. The van der Waals surface area contributed by atoms with E-state index in [1.165, 1.54) is 41.3 Å². The molecule has 2 atom stereocenters. The number of carbonyl (C=O) groups excluding carboxylic acids is 6. The van der Waals surface area contributed by atoms with E-state index in [1.807, 2.05) is 0 Å². The number of hydrogen-bond acceptors (Lipinski definition) is 21. The number of aromatic carboxylic acids is 1. The number of halogens is 3. The van der Waals surface area contributed by atoms with E-state index in [4.69, 9.17) is 30.2 Å². The lowest BCUT2D eigenvalue weighted by molar-refractivity contribution is -0.152. The molecule has 4 aromatic carbocycles. The van der Waals surface area contributed by atoms with Crippen molar-refractivity contribution in [2.24, 2.45) is 0 Å². The predicted octanol–water partition coefficient (Wildman–Crippen LogP) is 2.92. The molecule has 562 valence electrons. The number of hydrogen-bond donors (Lipinski definition) is 13. The van der Waals surface area contributed by atoms with Crippen molar-refractivity contribution >= 4 is 105 Å². The second kappa shape index (κ2) is 40.3. The van der Waals surface area contributed by atoms with Crippen LogP contribution in [0.1, 0.15) is 89.5 Å². The van der Waals surface area contributed by atoms with Crippen LogP contribution in [-0.2, 0) is 59.1 Å². The van der Waals surface area contributed by atoms with Crippen LogP contribution in [0.2, 0.25) is 0 Å². The SMILES string of the molecule is O=C(O)CN(CC(=O)O)C(CCNC(=O)c1cc(CN(CCOCCOCCOCCNC(=O)c2ccc(-c3c4cc(F)c(=O)cc-4oc4cc(O)c(F)cc34)c(C(=O)O)c2)C(=O)CCCCNC(=O)c2cccc(NC(=O)CCl)c2)cc(C(=O)NCCC(C(=O)O)N(CC(=O)O)CC(=O)O)c1)C(=O)O. The van der Waals surface area contributed by atoms with Gasteiger partial charge < -0.3 is 91.0 Å². The zero-order valence-corrected chi connectivity index (χ0v) is 56.5. The van der Waals surface area contributed by atoms with Crippen LogP contribution in [0, 0.1) is 11.6 Å². The third-order valence-electron chi connectivity index (χ3n) is 15.5. The van der Waals surface area contributed by atoms with E-state index in [2.05, 4.69) is 26.6 Å². The Bertz CT molecular complexity index is 4130. The molecule has 2 aliphatic rings. The molecular weight excluding hydrogens is 1420 g/mol. The zero-order chi connectivity index (χ0) is 77.0. The standard InChI is InChI=1S/C68H73ClF2N8O26/c69-31-55(82)76-42-5-3-4-38(25-42)62(92)72-11-2-1-6-56(83)77(32-37-22-40(64(94)73-12-9-49(67(98)99)78(33-57(84)85)34-58(86)87)24-41(23-37)65(95)74-13-10-50(68(100)101)79(35-59(88)89)36-60(90)91)15-17-103-19-21-104-20-18-102-16-14-75-63(93)39-7-8-43(44(26-39)66(96)97)61-45-27-47(70)51(80)29-53(45)105-54-30-52(81)48(71)28-46(54)61/h3-5,7-8,22-30,49-50,80H,1-2,6,9-21,31-36H2,(H,72,92)(H,73,94)(H,74,95)(H,75,93)(H,76,82)(H,84,85)(H,86,87)(H,88,89)(H,90,91)(H,96,97)(H,98,99)(H,100,101). The van der Waals surface area contributed by atoms with Crippen LogP contribution in [0.25, 0.3) is 33.4 Å². The van der Waals surface area contributed by atoms with Gasteiger partial charge in [-0.05, 0) is 97.5 Å². The van der Waals surface area contributed by atoms with Gasteiger partial charge in [-0.3, -0.25) is 72.1 Å². The molecule has 105 heavy (non-hydrogen) atoms. The number of benzene rings is 5.